The molecule has 0 saturated heterocycles. The fraction of sp³-hybridized carbons (Fsp3) is 0.0909. The lowest BCUT2D eigenvalue weighted by Crippen LogP contribution is -2.31. The molecule has 174 valence electrons. The average molecular weight is 503 g/mol. The van der Waals surface area contributed by atoms with E-state index in [1.165, 1.54) is 35.3 Å². The largest absolute Gasteiger partial charge is 0.573 e. The van der Waals surface area contributed by atoms with Crippen LogP contribution in [0, 0.1) is 0 Å². The summed E-state index contributed by atoms with van der Waals surface area (Å²) in [6, 6.07) is 14.8. The zero-order chi connectivity index (χ0) is 24.0. The van der Waals surface area contributed by atoms with E-state index in [2.05, 4.69) is 30.7 Å². The quantitative estimate of drug-likeness (QED) is 0.213. The molecule has 0 radical (unpaired) electrons. The van der Waals surface area contributed by atoms with Crippen molar-refractivity contribution in [2.24, 2.45) is 5.10 Å². The van der Waals surface area contributed by atoms with Gasteiger partial charge in [0.2, 0.25) is 0 Å². The molecule has 0 aliphatic carbocycles. The van der Waals surface area contributed by atoms with E-state index in [0.29, 0.717) is 23.2 Å². The van der Waals surface area contributed by atoms with Gasteiger partial charge in [-0.15, -0.1) is 18.3 Å². The van der Waals surface area contributed by atoms with Gasteiger partial charge in [-0.05, 0) is 64.4 Å². The molecule has 2 aromatic carbocycles. The van der Waals surface area contributed by atoms with Crippen LogP contribution in [-0.2, 0) is 6.54 Å². The highest BCUT2D eigenvalue weighted by Crippen LogP contribution is 2.24. The molecule has 0 spiro atoms. The molecule has 0 aliphatic heterocycles. The maximum Gasteiger partial charge on any atom is 0.573 e. The van der Waals surface area contributed by atoms with Crippen molar-refractivity contribution < 1.29 is 17.9 Å². The van der Waals surface area contributed by atoms with Gasteiger partial charge < -0.3 is 10.1 Å². The third kappa shape index (κ3) is 6.62. The first-order valence-electron chi connectivity index (χ1n) is 9.82. The number of hydrogen-bond donors (Lipinski definition) is 2. The standard InChI is InChI=1S/C22H17F3N6OS2/c23-22(24,25)32-19-7-5-18(6-8-19)31-14-27-20(30-31)17-3-1-15(2-4-17)12-28-29-21(33)26-11-16-9-10-34-13-16/h1-10,12-14H,11H2,(H2,26,29,33). The zero-order valence-electron chi connectivity index (χ0n) is 17.4. The predicted molar refractivity (Wildman–Crippen MR) is 128 cm³/mol. The molecule has 12 heteroatoms. The van der Waals surface area contributed by atoms with Gasteiger partial charge in [-0.2, -0.15) is 16.4 Å². The van der Waals surface area contributed by atoms with E-state index < -0.39 is 6.36 Å². The molecular weight excluding hydrogens is 485 g/mol. The molecule has 4 aromatic rings. The molecule has 7 nitrogen and oxygen atoms in total. The summed E-state index contributed by atoms with van der Waals surface area (Å²) < 4.78 is 42.2. The molecule has 0 aliphatic rings. The van der Waals surface area contributed by atoms with Crippen molar-refractivity contribution in [1.82, 2.24) is 25.5 Å². The van der Waals surface area contributed by atoms with Crippen molar-refractivity contribution in [2.75, 3.05) is 0 Å². The zero-order valence-corrected chi connectivity index (χ0v) is 19.0. The number of thiophene rings is 1. The Morgan fingerprint density at radius 2 is 1.88 bits per heavy atom. The normalized spacial score (nSPS) is 11.5. The molecule has 0 amide bonds. The number of aromatic nitrogens is 3. The molecule has 0 bridgehead atoms. The number of alkyl halides is 3. The second kappa shape index (κ2) is 10.4. The van der Waals surface area contributed by atoms with Gasteiger partial charge in [-0.25, -0.2) is 9.67 Å². The summed E-state index contributed by atoms with van der Waals surface area (Å²) >= 11 is 6.82. The monoisotopic (exact) mass is 502 g/mol. The van der Waals surface area contributed by atoms with E-state index in [1.807, 2.05) is 41.1 Å². The van der Waals surface area contributed by atoms with Gasteiger partial charge >= 0.3 is 6.36 Å². The second-order valence-electron chi connectivity index (χ2n) is 6.86. The van der Waals surface area contributed by atoms with Crippen LogP contribution >= 0.6 is 23.6 Å². The van der Waals surface area contributed by atoms with E-state index in [-0.39, 0.29) is 5.75 Å². The Balaban J connectivity index is 1.32. The van der Waals surface area contributed by atoms with Crippen LogP contribution < -0.4 is 15.5 Å². The number of halogens is 3. The Labute approximate surface area is 201 Å². The molecule has 0 fully saturated rings. The lowest BCUT2D eigenvalue weighted by molar-refractivity contribution is -0.274. The van der Waals surface area contributed by atoms with Gasteiger partial charge in [0.1, 0.15) is 12.1 Å². The summed E-state index contributed by atoms with van der Waals surface area (Å²) in [6.07, 6.45) is -1.61. The molecule has 0 atom stereocenters. The minimum Gasteiger partial charge on any atom is -0.406 e. The van der Waals surface area contributed by atoms with Crippen LogP contribution in [-0.4, -0.2) is 32.5 Å². The highest BCUT2D eigenvalue weighted by Gasteiger charge is 2.31. The predicted octanol–water partition coefficient (Wildman–Crippen LogP) is 4.89. The van der Waals surface area contributed by atoms with Gasteiger partial charge in [0.05, 0.1) is 11.9 Å². The number of nitrogens with one attached hydrogen (secondary N) is 2. The number of rotatable bonds is 7. The first-order chi connectivity index (χ1) is 16.4. The summed E-state index contributed by atoms with van der Waals surface area (Å²) in [4.78, 5) is 4.27. The lowest BCUT2D eigenvalue weighted by atomic mass is 10.1. The highest BCUT2D eigenvalue weighted by atomic mass is 32.1. The first kappa shape index (κ1) is 23.4. The SMILES string of the molecule is FC(F)(F)Oc1ccc(-n2cnc(-c3ccc(C=NNC(=S)NCc4ccsc4)cc3)n2)cc1. The molecular formula is C22H17F3N6OS2. The van der Waals surface area contributed by atoms with E-state index in [9.17, 15) is 13.2 Å². The topological polar surface area (TPSA) is 76.4 Å². The van der Waals surface area contributed by atoms with Crippen LogP contribution in [0.3, 0.4) is 0 Å². The van der Waals surface area contributed by atoms with Crippen LogP contribution in [0.25, 0.3) is 17.1 Å². The van der Waals surface area contributed by atoms with E-state index in [4.69, 9.17) is 12.2 Å². The molecule has 2 N–H and O–H groups in total. The number of benzene rings is 2. The van der Waals surface area contributed by atoms with Crippen molar-refractivity contribution in [1.29, 1.82) is 0 Å². The van der Waals surface area contributed by atoms with Crippen LogP contribution in [0.1, 0.15) is 11.1 Å². The molecule has 4 rings (SSSR count). The highest BCUT2D eigenvalue weighted by molar-refractivity contribution is 7.80. The Morgan fingerprint density at radius 1 is 1.12 bits per heavy atom. The van der Waals surface area contributed by atoms with Gasteiger partial charge in [0, 0.05) is 12.1 Å². The summed E-state index contributed by atoms with van der Waals surface area (Å²) in [6.45, 7) is 0.630. The maximum absolute atomic E-state index is 12.3. The average Bonchev–Trinajstić information content (AvgIpc) is 3.50. The first-order valence-corrected chi connectivity index (χ1v) is 11.2. The lowest BCUT2D eigenvalue weighted by Gasteiger charge is -2.09. The van der Waals surface area contributed by atoms with Gasteiger partial charge in [0.15, 0.2) is 10.9 Å². The number of hydrogen-bond acceptors (Lipinski definition) is 6. The van der Waals surface area contributed by atoms with Crippen LogP contribution in [0.4, 0.5) is 13.2 Å². The molecule has 2 aromatic heterocycles. The summed E-state index contributed by atoms with van der Waals surface area (Å²) in [5.74, 6) is 0.165. The minimum absolute atomic E-state index is 0.303. The maximum atomic E-state index is 12.3. The van der Waals surface area contributed by atoms with E-state index in [0.717, 1.165) is 16.7 Å². The fourth-order valence-corrected chi connectivity index (χ4v) is 3.61. The van der Waals surface area contributed by atoms with Crippen molar-refractivity contribution in [3.8, 4) is 22.8 Å². The van der Waals surface area contributed by atoms with Crippen LogP contribution in [0.5, 0.6) is 5.75 Å². The van der Waals surface area contributed by atoms with Crippen molar-refractivity contribution in [2.45, 2.75) is 12.9 Å². The third-order valence-electron chi connectivity index (χ3n) is 4.41. The smallest absolute Gasteiger partial charge is 0.406 e. The van der Waals surface area contributed by atoms with E-state index in [1.54, 1.807) is 17.6 Å². The second-order valence-corrected chi connectivity index (χ2v) is 8.05. The van der Waals surface area contributed by atoms with Gasteiger partial charge in [-0.3, -0.25) is 5.43 Å². The Morgan fingerprint density at radius 3 is 2.56 bits per heavy atom. The Hall–Kier alpha value is -3.77. The van der Waals surface area contributed by atoms with Crippen LogP contribution in [0.15, 0.2) is 76.8 Å². The van der Waals surface area contributed by atoms with Gasteiger partial charge in [-0.1, -0.05) is 24.3 Å². The summed E-state index contributed by atoms with van der Waals surface area (Å²) in [5, 5.41) is 16.0. The number of hydrazone groups is 1. The summed E-state index contributed by atoms with van der Waals surface area (Å²) in [7, 11) is 0. The van der Waals surface area contributed by atoms with Crippen LogP contribution in [0.2, 0.25) is 0 Å². The fourth-order valence-electron chi connectivity index (χ4n) is 2.82. The molecule has 34 heavy (non-hydrogen) atoms. The van der Waals surface area contributed by atoms with Crippen molar-refractivity contribution in [3.05, 3.63) is 82.8 Å². The number of nitrogens with zero attached hydrogens (tertiary/aromatic N) is 4. The third-order valence-corrected chi connectivity index (χ3v) is 5.38. The number of thiocarbonyl (C=S) groups is 1. The Kier molecular flexibility index (Phi) is 7.18. The van der Waals surface area contributed by atoms with Gasteiger partial charge in [0.25, 0.3) is 0 Å². The van der Waals surface area contributed by atoms with Crippen molar-refractivity contribution >= 4 is 34.9 Å². The molecule has 0 unspecified atom stereocenters. The Bertz CT molecular complexity index is 1250. The number of ether oxygens (including phenoxy) is 1. The molecule has 2 heterocycles. The molecule has 0 saturated carbocycles. The van der Waals surface area contributed by atoms with E-state index >= 15 is 0 Å². The minimum atomic E-state index is -4.73. The van der Waals surface area contributed by atoms with Crippen molar-refractivity contribution in [3.63, 3.8) is 0 Å². The summed E-state index contributed by atoms with van der Waals surface area (Å²) in [5.41, 5.74) is 6.09.